The lowest BCUT2D eigenvalue weighted by Gasteiger charge is -2.20. The number of rotatable bonds is 4. The van der Waals surface area contributed by atoms with Gasteiger partial charge in [0.05, 0.1) is 24.4 Å². The van der Waals surface area contributed by atoms with E-state index in [9.17, 15) is 5.26 Å². The number of nitrogens with zero attached hydrogens (tertiary/aromatic N) is 1. The normalized spacial score (nSPS) is 11.6. The van der Waals surface area contributed by atoms with Crippen molar-refractivity contribution in [2.45, 2.75) is 26.8 Å². The Morgan fingerprint density at radius 3 is 2.62 bits per heavy atom. The minimum Gasteiger partial charge on any atom is -0.496 e. The summed E-state index contributed by atoms with van der Waals surface area (Å²) in [4.78, 5) is 0. The molecule has 0 amide bonds. The first-order valence-corrected chi connectivity index (χ1v) is 6.97. The van der Waals surface area contributed by atoms with Gasteiger partial charge in [-0.2, -0.15) is 5.26 Å². The molecule has 1 N–H and O–H groups in total. The molecule has 2 aromatic rings. The number of hydrogen-bond acceptors (Lipinski definition) is 3. The molecule has 0 saturated carbocycles. The Morgan fingerprint density at radius 1 is 1.19 bits per heavy atom. The van der Waals surface area contributed by atoms with Crippen molar-refractivity contribution in [1.82, 2.24) is 0 Å². The quantitative estimate of drug-likeness (QED) is 0.905. The number of nitrogens with one attached hydrogen (secondary N) is 1. The van der Waals surface area contributed by atoms with E-state index in [4.69, 9.17) is 4.74 Å². The van der Waals surface area contributed by atoms with Gasteiger partial charge in [0.2, 0.25) is 0 Å². The number of hydrogen-bond donors (Lipinski definition) is 1. The van der Waals surface area contributed by atoms with Crippen molar-refractivity contribution in [3.8, 4) is 11.8 Å². The van der Waals surface area contributed by atoms with Gasteiger partial charge in [-0.1, -0.05) is 24.3 Å². The molecule has 0 aliphatic carbocycles. The number of ether oxygens (including phenoxy) is 1. The number of nitriles is 1. The van der Waals surface area contributed by atoms with Crippen LogP contribution in [0.4, 0.5) is 5.69 Å². The highest BCUT2D eigenvalue weighted by molar-refractivity contribution is 5.61. The van der Waals surface area contributed by atoms with Gasteiger partial charge in [0.1, 0.15) is 11.8 Å². The maximum Gasteiger partial charge on any atom is 0.124 e. The van der Waals surface area contributed by atoms with Crippen LogP contribution in [0.15, 0.2) is 36.4 Å². The summed E-state index contributed by atoms with van der Waals surface area (Å²) in [5, 5.41) is 12.7. The Bertz CT molecular complexity index is 686. The van der Waals surface area contributed by atoms with Crippen molar-refractivity contribution in [3.63, 3.8) is 0 Å². The first-order valence-electron chi connectivity index (χ1n) is 6.97. The highest BCUT2D eigenvalue weighted by atomic mass is 16.5. The molecule has 21 heavy (non-hydrogen) atoms. The SMILES string of the molecule is COc1cc(C)ccc1C(C)Nc1cccc(C)c1C#N. The third-order valence-electron chi connectivity index (χ3n) is 3.61. The Balaban J connectivity index is 2.33. The number of aryl methyl sites for hydroxylation is 2. The van der Waals surface area contributed by atoms with E-state index in [1.54, 1.807) is 7.11 Å². The predicted octanol–water partition coefficient (Wildman–Crippen LogP) is 4.36. The summed E-state index contributed by atoms with van der Waals surface area (Å²) in [6.07, 6.45) is 0. The van der Waals surface area contributed by atoms with Gasteiger partial charge in [-0.3, -0.25) is 0 Å². The number of benzene rings is 2. The lowest BCUT2D eigenvalue weighted by Crippen LogP contribution is -2.09. The van der Waals surface area contributed by atoms with E-state index in [1.807, 2.05) is 38.1 Å². The highest BCUT2D eigenvalue weighted by Gasteiger charge is 2.13. The molecule has 0 aliphatic rings. The number of anilines is 1. The molecule has 0 aliphatic heterocycles. The average Bonchev–Trinajstić information content (AvgIpc) is 2.47. The zero-order chi connectivity index (χ0) is 15.4. The Labute approximate surface area is 126 Å². The topological polar surface area (TPSA) is 45.0 Å². The molecule has 0 aromatic heterocycles. The molecule has 108 valence electrons. The summed E-state index contributed by atoms with van der Waals surface area (Å²) >= 11 is 0. The summed E-state index contributed by atoms with van der Waals surface area (Å²) < 4.78 is 5.46. The molecule has 1 unspecified atom stereocenters. The molecule has 2 rings (SSSR count). The smallest absolute Gasteiger partial charge is 0.124 e. The molecule has 3 heteroatoms. The highest BCUT2D eigenvalue weighted by Crippen LogP contribution is 2.30. The summed E-state index contributed by atoms with van der Waals surface area (Å²) in [6.45, 7) is 6.05. The van der Waals surface area contributed by atoms with Crippen molar-refractivity contribution in [2.24, 2.45) is 0 Å². The van der Waals surface area contributed by atoms with Crippen LogP contribution in [0.1, 0.15) is 35.2 Å². The third-order valence-corrected chi connectivity index (χ3v) is 3.61. The van der Waals surface area contributed by atoms with E-state index in [-0.39, 0.29) is 6.04 Å². The molecular formula is C18H20N2O. The van der Waals surface area contributed by atoms with Crippen LogP contribution in [0.2, 0.25) is 0 Å². The Morgan fingerprint density at radius 2 is 1.95 bits per heavy atom. The van der Waals surface area contributed by atoms with Crippen LogP contribution in [0, 0.1) is 25.2 Å². The minimum atomic E-state index is 0.0504. The first-order chi connectivity index (χ1) is 10.1. The molecular weight excluding hydrogens is 260 g/mol. The van der Waals surface area contributed by atoms with E-state index in [1.165, 1.54) is 0 Å². The maximum absolute atomic E-state index is 9.31. The molecule has 0 spiro atoms. The maximum atomic E-state index is 9.31. The molecule has 0 fully saturated rings. The van der Waals surface area contributed by atoms with Gasteiger partial charge in [-0.05, 0) is 44.0 Å². The standard InChI is InChI=1S/C18H20N2O/c1-12-8-9-15(18(10-12)21-4)14(3)20-17-7-5-6-13(2)16(17)11-19/h5-10,14,20H,1-4H3. The third kappa shape index (κ3) is 3.17. The molecule has 0 bridgehead atoms. The van der Waals surface area contributed by atoms with Gasteiger partial charge >= 0.3 is 0 Å². The lowest BCUT2D eigenvalue weighted by molar-refractivity contribution is 0.407. The summed E-state index contributed by atoms with van der Waals surface area (Å²) in [5.74, 6) is 0.862. The van der Waals surface area contributed by atoms with Crippen LogP contribution in [-0.4, -0.2) is 7.11 Å². The van der Waals surface area contributed by atoms with Crippen LogP contribution in [0.3, 0.4) is 0 Å². The van der Waals surface area contributed by atoms with E-state index in [0.717, 1.165) is 28.1 Å². The predicted molar refractivity (Wildman–Crippen MR) is 85.7 cm³/mol. The van der Waals surface area contributed by atoms with Gasteiger partial charge in [0.25, 0.3) is 0 Å². The molecule has 0 saturated heterocycles. The van der Waals surface area contributed by atoms with Crippen LogP contribution >= 0.6 is 0 Å². The van der Waals surface area contributed by atoms with E-state index >= 15 is 0 Å². The Kier molecular flexibility index (Phi) is 4.49. The summed E-state index contributed by atoms with van der Waals surface area (Å²) in [6, 6.07) is 14.3. The fraction of sp³-hybridized carbons (Fsp3) is 0.278. The minimum absolute atomic E-state index is 0.0504. The van der Waals surface area contributed by atoms with E-state index < -0.39 is 0 Å². The summed E-state index contributed by atoms with van der Waals surface area (Å²) in [7, 11) is 1.68. The van der Waals surface area contributed by atoms with Gasteiger partial charge in [0.15, 0.2) is 0 Å². The van der Waals surface area contributed by atoms with Gasteiger partial charge < -0.3 is 10.1 Å². The fourth-order valence-electron chi connectivity index (χ4n) is 2.42. The first kappa shape index (κ1) is 14.9. The van der Waals surface area contributed by atoms with Crippen LogP contribution < -0.4 is 10.1 Å². The van der Waals surface area contributed by atoms with Crippen LogP contribution in [-0.2, 0) is 0 Å². The molecule has 0 heterocycles. The van der Waals surface area contributed by atoms with Gasteiger partial charge in [-0.15, -0.1) is 0 Å². The van der Waals surface area contributed by atoms with Crippen LogP contribution in [0.25, 0.3) is 0 Å². The molecule has 0 radical (unpaired) electrons. The Hall–Kier alpha value is -2.47. The van der Waals surface area contributed by atoms with Crippen molar-refractivity contribution in [3.05, 3.63) is 58.7 Å². The van der Waals surface area contributed by atoms with Gasteiger partial charge in [0, 0.05) is 5.56 Å². The second-order valence-corrected chi connectivity index (χ2v) is 5.22. The van der Waals surface area contributed by atoms with Crippen molar-refractivity contribution < 1.29 is 4.74 Å². The second kappa shape index (κ2) is 6.32. The number of methoxy groups -OCH3 is 1. The lowest BCUT2D eigenvalue weighted by atomic mass is 10.0. The fourth-order valence-corrected chi connectivity index (χ4v) is 2.42. The zero-order valence-corrected chi connectivity index (χ0v) is 12.9. The van der Waals surface area contributed by atoms with Crippen molar-refractivity contribution in [2.75, 3.05) is 12.4 Å². The average molecular weight is 280 g/mol. The van der Waals surface area contributed by atoms with Gasteiger partial charge in [-0.25, -0.2) is 0 Å². The monoisotopic (exact) mass is 280 g/mol. The zero-order valence-electron chi connectivity index (χ0n) is 12.9. The molecule has 2 aromatic carbocycles. The van der Waals surface area contributed by atoms with E-state index in [0.29, 0.717) is 5.56 Å². The van der Waals surface area contributed by atoms with E-state index in [2.05, 4.69) is 30.4 Å². The largest absolute Gasteiger partial charge is 0.496 e. The summed E-state index contributed by atoms with van der Waals surface area (Å²) in [5.41, 5.74) is 4.76. The molecule has 1 atom stereocenters. The second-order valence-electron chi connectivity index (χ2n) is 5.22. The molecule has 3 nitrogen and oxygen atoms in total. The van der Waals surface area contributed by atoms with Crippen LogP contribution in [0.5, 0.6) is 5.75 Å². The van der Waals surface area contributed by atoms with Crippen molar-refractivity contribution in [1.29, 1.82) is 5.26 Å². The van der Waals surface area contributed by atoms with Crippen molar-refractivity contribution >= 4 is 5.69 Å².